The third-order valence-corrected chi connectivity index (χ3v) is 2.61. The topological polar surface area (TPSA) is 40.5 Å². The van der Waals surface area contributed by atoms with Crippen LogP contribution in [-0.2, 0) is 4.79 Å². The number of carbonyl (C=O) groups excluding carboxylic acids is 1. The zero-order chi connectivity index (χ0) is 9.84. The van der Waals surface area contributed by atoms with Gasteiger partial charge in [0.1, 0.15) is 0 Å². The monoisotopic (exact) mass is 185 g/mol. The van der Waals surface area contributed by atoms with Crippen LogP contribution in [0.5, 0.6) is 0 Å². The standard InChI is InChI=1S/C10H19NO2/c1-8-6-9(2)10(13)11(7-8)4-3-5-12/h8-9,12H,3-7H2,1-2H3. The fourth-order valence-electron chi connectivity index (χ4n) is 2.02. The molecule has 1 fully saturated rings. The maximum absolute atomic E-state index is 11.6. The molecule has 0 saturated carbocycles. The van der Waals surface area contributed by atoms with E-state index in [2.05, 4.69) is 6.92 Å². The molecule has 1 rings (SSSR count). The Bertz CT molecular complexity index is 182. The fourth-order valence-corrected chi connectivity index (χ4v) is 2.02. The van der Waals surface area contributed by atoms with Crippen molar-refractivity contribution < 1.29 is 9.90 Å². The number of rotatable bonds is 3. The minimum Gasteiger partial charge on any atom is -0.396 e. The molecular formula is C10H19NO2. The Hall–Kier alpha value is -0.570. The fraction of sp³-hybridized carbons (Fsp3) is 0.900. The molecule has 1 aliphatic heterocycles. The quantitative estimate of drug-likeness (QED) is 0.709. The van der Waals surface area contributed by atoms with E-state index in [1.165, 1.54) is 0 Å². The zero-order valence-corrected chi connectivity index (χ0v) is 8.49. The summed E-state index contributed by atoms with van der Waals surface area (Å²) in [6.07, 6.45) is 1.71. The highest BCUT2D eigenvalue weighted by atomic mass is 16.3. The summed E-state index contributed by atoms with van der Waals surface area (Å²) >= 11 is 0. The molecule has 1 N–H and O–H groups in total. The summed E-state index contributed by atoms with van der Waals surface area (Å²) in [6.45, 7) is 5.92. The Morgan fingerprint density at radius 1 is 1.54 bits per heavy atom. The molecule has 0 aromatic rings. The van der Waals surface area contributed by atoms with Crippen molar-refractivity contribution >= 4 is 5.91 Å². The molecule has 1 saturated heterocycles. The van der Waals surface area contributed by atoms with Crippen molar-refractivity contribution in [3.8, 4) is 0 Å². The molecule has 0 aliphatic carbocycles. The molecule has 1 aliphatic rings. The number of piperidine rings is 1. The number of likely N-dealkylation sites (tertiary alicyclic amines) is 1. The van der Waals surface area contributed by atoms with E-state index in [4.69, 9.17) is 5.11 Å². The van der Waals surface area contributed by atoms with Crippen molar-refractivity contribution in [3.05, 3.63) is 0 Å². The van der Waals surface area contributed by atoms with Gasteiger partial charge < -0.3 is 10.0 Å². The first-order valence-electron chi connectivity index (χ1n) is 5.04. The van der Waals surface area contributed by atoms with E-state index in [0.29, 0.717) is 18.9 Å². The lowest BCUT2D eigenvalue weighted by Gasteiger charge is -2.34. The number of hydrogen-bond acceptors (Lipinski definition) is 2. The van der Waals surface area contributed by atoms with Gasteiger partial charge in [-0.25, -0.2) is 0 Å². The van der Waals surface area contributed by atoms with E-state index in [1.54, 1.807) is 0 Å². The Morgan fingerprint density at radius 3 is 2.85 bits per heavy atom. The number of aliphatic hydroxyl groups is 1. The van der Waals surface area contributed by atoms with Crippen molar-refractivity contribution in [2.45, 2.75) is 26.7 Å². The largest absolute Gasteiger partial charge is 0.396 e. The van der Waals surface area contributed by atoms with Crippen molar-refractivity contribution in [3.63, 3.8) is 0 Å². The van der Waals surface area contributed by atoms with E-state index >= 15 is 0 Å². The minimum atomic E-state index is 0.169. The first-order chi connectivity index (χ1) is 6.15. The summed E-state index contributed by atoms with van der Waals surface area (Å²) in [5, 5.41) is 8.68. The second kappa shape index (κ2) is 4.61. The van der Waals surface area contributed by atoms with Gasteiger partial charge in [0, 0.05) is 25.6 Å². The Kier molecular flexibility index (Phi) is 3.72. The Morgan fingerprint density at radius 2 is 2.23 bits per heavy atom. The van der Waals surface area contributed by atoms with Crippen LogP contribution in [0, 0.1) is 11.8 Å². The molecule has 3 heteroatoms. The maximum atomic E-state index is 11.6. The van der Waals surface area contributed by atoms with Gasteiger partial charge in [0.15, 0.2) is 0 Å². The van der Waals surface area contributed by atoms with E-state index < -0.39 is 0 Å². The van der Waals surface area contributed by atoms with E-state index in [9.17, 15) is 4.79 Å². The van der Waals surface area contributed by atoms with Gasteiger partial charge >= 0.3 is 0 Å². The van der Waals surface area contributed by atoms with Gasteiger partial charge in [0.05, 0.1) is 0 Å². The normalized spacial score (nSPS) is 29.5. The van der Waals surface area contributed by atoms with Crippen LogP contribution in [0.1, 0.15) is 26.7 Å². The molecule has 76 valence electrons. The molecule has 0 radical (unpaired) electrons. The minimum absolute atomic E-state index is 0.169. The van der Waals surface area contributed by atoms with E-state index in [-0.39, 0.29) is 18.4 Å². The average molecular weight is 185 g/mol. The van der Waals surface area contributed by atoms with Crippen LogP contribution in [0.15, 0.2) is 0 Å². The Labute approximate surface area is 79.7 Å². The van der Waals surface area contributed by atoms with Gasteiger partial charge in [0.2, 0.25) is 5.91 Å². The highest BCUT2D eigenvalue weighted by Crippen LogP contribution is 2.22. The van der Waals surface area contributed by atoms with Crippen LogP contribution in [0.25, 0.3) is 0 Å². The van der Waals surface area contributed by atoms with Crippen LogP contribution in [-0.4, -0.2) is 35.6 Å². The Balaban J connectivity index is 2.46. The van der Waals surface area contributed by atoms with Crippen LogP contribution in [0.2, 0.25) is 0 Å². The number of nitrogens with zero attached hydrogens (tertiary/aromatic N) is 1. The zero-order valence-electron chi connectivity index (χ0n) is 8.49. The molecule has 3 nitrogen and oxygen atoms in total. The molecular weight excluding hydrogens is 166 g/mol. The molecule has 0 spiro atoms. The van der Waals surface area contributed by atoms with Gasteiger partial charge in [-0.2, -0.15) is 0 Å². The van der Waals surface area contributed by atoms with Crippen LogP contribution in [0.4, 0.5) is 0 Å². The summed E-state index contributed by atoms with van der Waals surface area (Å²) in [4.78, 5) is 13.5. The van der Waals surface area contributed by atoms with Crippen LogP contribution >= 0.6 is 0 Å². The molecule has 1 heterocycles. The summed E-state index contributed by atoms with van der Waals surface area (Å²) in [6, 6.07) is 0. The third-order valence-electron chi connectivity index (χ3n) is 2.61. The van der Waals surface area contributed by atoms with Crippen molar-refractivity contribution in [2.75, 3.05) is 19.7 Å². The van der Waals surface area contributed by atoms with Crippen LogP contribution < -0.4 is 0 Å². The lowest BCUT2D eigenvalue weighted by atomic mass is 9.91. The summed E-state index contributed by atoms with van der Waals surface area (Å²) in [7, 11) is 0. The third kappa shape index (κ3) is 2.69. The van der Waals surface area contributed by atoms with Crippen molar-refractivity contribution in [2.24, 2.45) is 11.8 Å². The molecule has 2 atom stereocenters. The first kappa shape index (κ1) is 10.5. The molecule has 0 aromatic heterocycles. The first-order valence-corrected chi connectivity index (χ1v) is 5.04. The molecule has 13 heavy (non-hydrogen) atoms. The van der Waals surface area contributed by atoms with Gasteiger partial charge in [-0.05, 0) is 18.8 Å². The summed E-state index contributed by atoms with van der Waals surface area (Å²) in [5.41, 5.74) is 0. The second-order valence-electron chi connectivity index (χ2n) is 4.10. The molecule has 1 amide bonds. The smallest absolute Gasteiger partial charge is 0.225 e. The number of amides is 1. The van der Waals surface area contributed by atoms with Gasteiger partial charge in [-0.15, -0.1) is 0 Å². The summed E-state index contributed by atoms with van der Waals surface area (Å²) in [5.74, 6) is 1.03. The highest BCUT2D eigenvalue weighted by Gasteiger charge is 2.28. The van der Waals surface area contributed by atoms with Gasteiger partial charge in [0.25, 0.3) is 0 Å². The molecule has 0 bridgehead atoms. The van der Waals surface area contributed by atoms with E-state index in [1.807, 2.05) is 11.8 Å². The lowest BCUT2D eigenvalue weighted by Crippen LogP contribution is -2.44. The predicted octanol–water partition coefficient (Wildman–Crippen LogP) is 0.873. The summed E-state index contributed by atoms with van der Waals surface area (Å²) < 4.78 is 0. The number of carbonyl (C=O) groups is 1. The van der Waals surface area contributed by atoms with Gasteiger partial charge in [-0.3, -0.25) is 4.79 Å². The van der Waals surface area contributed by atoms with Crippen molar-refractivity contribution in [1.29, 1.82) is 0 Å². The average Bonchev–Trinajstić information content (AvgIpc) is 2.09. The lowest BCUT2D eigenvalue weighted by molar-refractivity contribution is -0.139. The SMILES string of the molecule is CC1CC(C)C(=O)N(CCCO)C1. The van der Waals surface area contributed by atoms with Crippen LogP contribution in [0.3, 0.4) is 0 Å². The second-order valence-corrected chi connectivity index (χ2v) is 4.10. The highest BCUT2D eigenvalue weighted by molar-refractivity contribution is 5.79. The predicted molar refractivity (Wildman–Crippen MR) is 51.2 cm³/mol. The van der Waals surface area contributed by atoms with E-state index in [0.717, 1.165) is 13.0 Å². The number of hydrogen-bond donors (Lipinski definition) is 1. The molecule has 0 aromatic carbocycles. The molecule has 2 unspecified atom stereocenters. The number of aliphatic hydroxyl groups excluding tert-OH is 1. The van der Waals surface area contributed by atoms with Crippen molar-refractivity contribution in [1.82, 2.24) is 4.90 Å². The van der Waals surface area contributed by atoms with Gasteiger partial charge in [-0.1, -0.05) is 13.8 Å². The maximum Gasteiger partial charge on any atom is 0.225 e.